The molecule has 182 valence electrons. The first-order chi connectivity index (χ1) is 16.9. The number of amides is 2. The van der Waals surface area contributed by atoms with Crippen LogP contribution in [0.25, 0.3) is 0 Å². The Bertz CT molecular complexity index is 1310. The maximum atomic E-state index is 12.9. The summed E-state index contributed by atoms with van der Waals surface area (Å²) in [7, 11) is 0. The summed E-state index contributed by atoms with van der Waals surface area (Å²) >= 11 is 6.08. The molecule has 2 amide bonds. The molecule has 1 aromatic heterocycles. The number of carbonyl (C=O) groups excluding carboxylic acids is 2. The van der Waals surface area contributed by atoms with Gasteiger partial charge in [-0.3, -0.25) is 28.4 Å². The highest BCUT2D eigenvalue weighted by atomic mass is 35.5. The summed E-state index contributed by atoms with van der Waals surface area (Å²) in [5.41, 5.74) is 0.437. The number of carbonyl (C=O) groups is 2. The van der Waals surface area contributed by atoms with Crippen LogP contribution in [0.5, 0.6) is 0 Å². The molecule has 1 fully saturated rings. The van der Waals surface area contributed by atoms with Crippen molar-refractivity contribution in [2.24, 2.45) is 0 Å². The summed E-state index contributed by atoms with van der Waals surface area (Å²) in [6.07, 6.45) is 1.45. The van der Waals surface area contributed by atoms with Crippen molar-refractivity contribution in [3.05, 3.63) is 98.3 Å². The number of benzene rings is 2. The molecular weight excluding hydrogens is 470 g/mol. The molecule has 3 aromatic rings. The lowest BCUT2D eigenvalue weighted by atomic mass is 10.2. The maximum absolute atomic E-state index is 12.9. The van der Waals surface area contributed by atoms with E-state index < -0.39 is 11.2 Å². The van der Waals surface area contributed by atoms with Crippen molar-refractivity contribution in [2.45, 2.75) is 13.1 Å². The van der Waals surface area contributed by atoms with Gasteiger partial charge in [0.15, 0.2) is 0 Å². The zero-order valence-electron chi connectivity index (χ0n) is 19.1. The minimum absolute atomic E-state index is 0.176. The number of hydrogen-bond acceptors (Lipinski definition) is 5. The Labute approximate surface area is 207 Å². The van der Waals surface area contributed by atoms with Gasteiger partial charge in [0.2, 0.25) is 11.8 Å². The predicted octanol–water partition coefficient (Wildman–Crippen LogP) is 1.49. The van der Waals surface area contributed by atoms with Crippen molar-refractivity contribution in [3.63, 3.8) is 0 Å². The second-order valence-electron chi connectivity index (χ2n) is 8.32. The van der Waals surface area contributed by atoms with E-state index in [1.54, 1.807) is 29.2 Å². The number of nitrogens with one attached hydrogen (secondary N) is 1. The Kier molecular flexibility index (Phi) is 7.79. The van der Waals surface area contributed by atoms with Crippen LogP contribution in [-0.2, 0) is 22.7 Å². The highest BCUT2D eigenvalue weighted by Crippen LogP contribution is 2.20. The molecule has 1 aliphatic rings. The third-order valence-electron chi connectivity index (χ3n) is 5.87. The predicted molar refractivity (Wildman–Crippen MR) is 134 cm³/mol. The topological polar surface area (TPSA) is 96.7 Å². The number of piperazine rings is 1. The maximum Gasteiger partial charge on any atom is 0.331 e. The summed E-state index contributed by atoms with van der Waals surface area (Å²) in [6, 6.07) is 17.7. The van der Waals surface area contributed by atoms with E-state index in [2.05, 4.69) is 5.32 Å². The van der Waals surface area contributed by atoms with Crippen molar-refractivity contribution in [2.75, 3.05) is 38.0 Å². The summed E-state index contributed by atoms with van der Waals surface area (Å²) in [5, 5.41) is 3.26. The molecule has 1 N–H and O–H groups in total. The van der Waals surface area contributed by atoms with Crippen LogP contribution in [0.1, 0.15) is 5.56 Å². The quantitative estimate of drug-likeness (QED) is 0.536. The monoisotopic (exact) mass is 495 g/mol. The van der Waals surface area contributed by atoms with Crippen molar-refractivity contribution in [1.29, 1.82) is 0 Å². The molecule has 0 saturated carbocycles. The molecule has 0 bridgehead atoms. The molecule has 0 unspecified atom stereocenters. The Morgan fingerprint density at radius 2 is 1.54 bits per heavy atom. The highest BCUT2D eigenvalue weighted by Gasteiger charge is 2.23. The third kappa shape index (κ3) is 6.26. The van der Waals surface area contributed by atoms with E-state index in [9.17, 15) is 19.2 Å². The largest absolute Gasteiger partial charge is 0.339 e. The molecule has 1 aliphatic heterocycles. The number of rotatable bonds is 7. The number of nitrogens with zero attached hydrogens (tertiary/aromatic N) is 4. The van der Waals surface area contributed by atoms with E-state index >= 15 is 0 Å². The second kappa shape index (κ2) is 11.2. The average Bonchev–Trinajstić information content (AvgIpc) is 2.86. The van der Waals surface area contributed by atoms with Crippen LogP contribution in [0.3, 0.4) is 0 Å². The molecule has 1 saturated heterocycles. The van der Waals surface area contributed by atoms with Crippen LogP contribution in [0.15, 0.2) is 76.4 Å². The SMILES string of the molecule is O=C(CN1CCN(C(=O)Cn2c(=O)ccn(Cc3ccccc3)c2=O)CC1)Nc1ccccc1Cl. The van der Waals surface area contributed by atoms with Gasteiger partial charge in [-0.25, -0.2) is 4.79 Å². The van der Waals surface area contributed by atoms with E-state index in [1.165, 1.54) is 16.8 Å². The lowest BCUT2D eigenvalue weighted by molar-refractivity contribution is -0.133. The standard InChI is InChI=1S/C25H26ClN5O4/c26-20-8-4-5-9-21(20)27-22(32)17-28-12-14-29(15-13-28)24(34)18-31-23(33)10-11-30(25(31)35)16-19-6-2-1-3-7-19/h1-11H,12-18H2,(H,27,32). The molecule has 2 aromatic carbocycles. The van der Waals surface area contributed by atoms with Crippen LogP contribution in [0.4, 0.5) is 5.69 Å². The van der Waals surface area contributed by atoms with Gasteiger partial charge in [0.05, 0.1) is 23.8 Å². The molecule has 10 heteroatoms. The lowest BCUT2D eigenvalue weighted by Crippen LogP contribution is -2.52. The first kappa shape index (κ1) is 24.4. The van der Waals surface area contributed by atoms with Crippen molar-refractivity contribution in [1.82, 2.24) is 18.9 Å². The molecule has 2 heterocycles. The summed E-state index contributed by atoms with van der Waals surface area (Å²) in [5.74, 6) is -0.491. The first-order valence-electron chi connectivity index (χ1n) is 11.3. The van der Waals surface area contributed by atoms with Gasteiger partial charge in [-0.05, 0) is 17.7 Å². The van der Waals surface area contributed by atoms with E-state index in [1.807, 2.05) is 35.2 Å². The van der Waals surface area contributed by atoms with E-state index in [0.717, 1.165) is 10.1 Å². The molecule has 0 atom stereocenters. The minimum Gasteiger partial charge on any atom is -0.339 e. The average molecular weight is 496 g/mol. The Balaban J connectivity index is 1.32. The minimum atomic E-state index is -0.524. The fourth-order valence-corrected chi connectivity index (χ4v) is 4.13. The molecular formula is C25H26ClN5O4. The zero-order chi connectivity index (χ0) is 24.8. The summed E-state index contributed by atoms with van der Waals surface area (Å²) < 4.78 is 2.38. The van der Waals surface area contributed by atoms with Crippen molar-refractivity contribution in [3.8, 4) is 0 Å². The van der Waals surface area contributed by atoms with Gasteiger partial charge in [-0.1, -0.05) is 54.1 Å². The van der Waals surface area contributed by atoms with Gasteiger partial charge in [0, 0.05) is 38.4 Å². The van der Waals surface area contributed by atoms with Crippen LogP contribution in [0, 0.1) is 0 Å². The molecule has 35 heavy (non-hydrogen) atoms. The zero-order valence-corrected chi connectivity index (χ0v) is 19.9. The van der Waals surface area contributed by atoms with Crippen molar-refractivity contribution >= 4 is 29.1 Å². The number of para-hydroxylation sites is 1. The molecule has 4 rings (SSSR count). The van der Waals surface area contributed by atoms with Gasteiger partial charge in [-0.2, -0.15) is 0 Å². The smallest absolute Gasteiger partial charge is 0.331 e. The van der Waals surface area contributed by atoms with Crippen LogP contribution in [-0.4, -0.2) is 63.5 Å². The molecule has 0 radical (unpaired) electrons. The molecule has 0 aliphatic carbocycles. The van der Waals surface area contributed by atoms with Gasteiger partial charge in [0.1, 0.15) is 6.54 Å². The van der Waals surface area contributed by atoms with E-state index in [4.69, 9.17) is 11.6 Å². The normalized spacial score (nSPS) is 14.0. The van der Waals surface area contributed by atoms with Gasteiger partial charge >= 0.3 is 5.69 Å². The van der Waals surface area contributed by atoms with Gasteiger partial charge < -0.3 is 10.2 Å². The van der Waals surface area contributed by atoms with Crippen LogP contribution in [0.2, 0.25) is 5.02 Å². The molecule has 9 nitrogen and oxygen atoms in total. The van der Waals surface area contributed by atoms with Gasteiger partial charge in [0.25, 0.3) is 5.56 Å². The third-order valence-corrected chi connectivity index (χ3v) is 6.20. The Morgan fingerprint density at radius 1 is 0.857 bits per heavy atom. The number of hydrogen-bond donors (Lipinski definition) is 1. The number of aromatic nitrogens is 2. The van der Waals surface area contributed by atoms with Crippen LogP contribution < -0.4 is 16.6 Å². The Morgan fingerprint density at radius 3 is 2.26 bits per heavy atom. The van der Waals surface area contributed by atoms with Crippen LogP contribution >= 0.6 is 11.6 Å². The van der Waals surface area contributed by atoms with E-state index in [0.29, 0.717) is 43.4 Å². The molecule has 0 spiro atoms. The fraction of sp³-hybridized carbons (Fsp3) is 0.280. The second-order valence-corrected chi connectivity index (χ2v) is 8.73. The summed E-state index contributed by atoms with van der Waals surface area (Å²) in [6.45, 7) is 1.97. The fourth-order valence-electron chi connectivity index (χ4n) is 3.95. The number of halogens is 1. The first-order valence-corrected chi connectivity index (χ1v) is 11.7. The Hall–Kier alpha value is -3.69. The van der Waals surface area contributed by atoms with E-state index in [-0.39, 0.29) is 24.9 Å². The van der Waals surface area contributed by atoms with Gasteiger partial charge in [-0.15, -0.1) is 0 Å². The number of anilines is 1. The lowest BCUT2D eigenvalue weighted by Gasteiger charge is -2.34. The highest BCUT2D eigenvalue weighted by molar-refractivity contribution is 6.33. The van der Waals surface area contributed by atoms with Crippen molar-refractivity contribution < 1.29 is 9.59 Å². The summed E-state index contributed by atoms with van der Waals surface area (Å²) in [4.78, 5) is 54.0.